The molecule has 11 heavy (non-hydrogen) atoms. The number of hydrogen-bond donors (Lipinski definition) is 2. The van der Waals surface area contributed by atoms with Crippen LogP contribution in [0.15, 0.2) is 0 Å². The highest BCUT2D eigenvalue weighted by molar-refractivity contribution is 7.99. The lowest BCUT2D eigenvalue weighted by atomic mass is 10.2. The van der Waals surface area contributed by atoms with Crippen molar-refractivity contribution in [2.75, 3.05) is 18.1 Å². The van der Waals surface area contributed by atoms with E-state index in [-0.39, 0.29) is 12.6 Å². The van der Waals surface area contributed by atoms with Crippen LogP contribution in [-0.4, -0.2) is 29.3 Å². The highest BCUT2D eigenvalue weighted by Crippen LogP contribution is 2.07. The monoisotopic (exact) mass is 174 g/mol. The van der Waals surface area contributed by atoms with Crippen LogP contribution in [0.4, 0.5) is 0 Å². The third-order valence-corrected chi connectivity index (χ3v) is 2.58. The maximum absolute atomic E-state index is 8.65. The molecule has 0 amide bonds. The van der Waals surface area contributed by atoms with Crippen LogP contribution < -0.4 is 5.73 Å². The van der Waals surface area contributed by atoms with Gasteiger partial charge in [0.15, 0.2) is 0 Å². The summed E-state index contributed by atoms with van der Waals surface area (Å²) in [7, 11) is 0. The quantitative estimate of drug-likeness (QED) is 0.624. The van der Waals surface area contributed by atoms with Gasteiger partial charge in [-0.3, -0.25) is 0 Å². The van der Waals surface area contributed by atoms with E-state index in [0.717, 1.165) is 5.75 Å². The molecule has 3 N–H and O–H groups in total. The Labute approximate surface area is 71.6 Å². The fourth-order valence-corrected chi connectivity index (χ4v) is 1.46. The molecule has 0 aromatic rings. The molecule has 0 spiro atoms. The minimum absolute atomic E-state index is 0.203. The van der Waals surface area contributed by atoms with E-state index in [0.29, 0.717) is 11.7 Å². The predicted octanol–water partition coefficient (Wildman–Crippen LogP) is 0.199. The van der Waals surface area contributed by atoms with Gasteiger partial charge in [-0.25, -0.2) is 0 Å². The van der Waals surface area contributed by atoms with Crippen molar-refractivity contribution in [1.29, 1.82) is 5.26 Å². The second-order valence-corrected chi connectivity index (χ2v) is 3.64. The van der Waals surface area contributed by atoms with Crippen molar-refractivity contribution in [3.63, 3.8) is 0 Å². The summed E-state index contributed by atoms with van der Waals surface area (Å²) in [5.41, 5.74) is 5.36. The second kappa shape index (κ2) is 6.47. The van der Waals surface area contributed by atoms with Crippen molar-refractivity contribution < 1.29 is 5.11 Å². The number of nitriles is 1. The van der Waals surface area contributed by atoms with Gasteiger partial charge in [-0.1, -0.05) is 6.92 Å². The zero-order valence-electron chi connectivity index (χ0n) is 6.66. The van der Waals surface area contributed by atoms with Crippen molar-refractivity contribution in [2.45, 2.75) is 13.0 Å². The standard InChI is InChI=1S/C7H14N2OS/c1-6(3-10)4-11-5-7(9)2-8/h6-7,10H,3-5,9H2,1H3. The van der Waals surface area contributed by atoms with Gasteiger partial charge < -0.3 is 10.8 Å². The minimum Gasteiger partial charge on any atom is -0.396 e. The van der Waals surface area contributed by atoms with E-state index in [1.165, 1.54) is 0 Å². The molecule has 0 aliphatic heterocycles. The van der Waals surface area contributed by atoms with E-state index in [4.69, 9.17) is 16.1 Å². The molecule has 64 valence electrons. The summed E-state index contributed by atoms with van der Waals surface area (Å²) in [6.45, 7) is 2.17. The van der Waals surface area contributed by atoms with Crippen LogP contribution in [-0.2, 0) is 0 Å². The number of nitrogens with two attached hydrogens (primary N) is 1. The summed E-state index contributed by atoms with van der Waals surface area (Å²) < 4.78 is 0. The first-order valence-corrected chi connectivity index (χ1v) is 4.70. The number of aliphatic hydroxyl groups is 1. The molecule has 3 nitrogen and oxygen atoms in total. The summed E-state index contributed by atoms with van der Waals surface area (Å²) >= 11 is 1.61. The molecule has 0 saturated heterocycles. The third kappa shape index (κ3) is 6.17. The van der Waals surface area contributed by atoms with Crippen molar-refractivity contribution in [3.05, 3.63) is 0 Å². The van der Waals surface area contributed by atoms with Gasteiger partial charge in [-0.05, 0) is 11.7 Å². The van der Waals surface area contributed by atoms with Gasteiger partial charge in [0.1, 0.15) is 6.04 Å². The first-order chi connectivity index (χ1) is 5.20. The van der Waals surface area contributed by atoms with Crippen molar-refractivity contribution in [1.82, 2.24) is 0 Å². The fourth-order valence-electron chi connectivity index (χ4n) is 0.486. The minimum atomic E-state index is -0.370. The zero-order chi connectivity index (χ0) is 8.69. The van der Waals surface area contributed by atoms with Crippen LogP contribution in [0.1, 0.15) is 6.92 Å². The second-order valence-electron chi connectivity index (χ2n) is 2.56. The number of rotatable bonds is 5. The fraction of sp³-hybridized carbons (Fsp3) is 0.857. The molecule has 2 atom stereocenters. The SMILES string of the molecule is CC(CO)CSCC(N)C#N. The summed E-state index contributed by atoms with van der Waals surface area (Å²) in [5, 5.41) is 17.0. The maximum Gasteiger partial charge on any atom is 0.102 e. The zero-order valence-corrected chi connectivity index (χ0v) is 7.47. The van der Waals surface area contributed by atoms with Crippen molar-refractivity contribution in [3.8, 4) is 6.07 Å². The Morgan fingerprint density at radius 3 is 2.73 bits per heavy atom. The smallest absolute Gasteiger partial charge is 0.102 e. The lowest BCUT2D eigenvalue weighted by molar-refractivity contribution is 0.250. The van der Waals surface area contributed by atoms with Gasteiger partial charge in [0.25, 0.3) is 0 Å². The molecular weight excluding hydrogens is 160 g/mol. The molecule has 0 aromatic carbocycles. The Balaban J connectivity index is 3.21. The van der Waals surface area contributed by atoms with Crippen LogP contribution >= 0.6 is 11.8 Å². The lowest BCUT2D eigenvalue weighted by Crippen LogP contribution is -2.20. The van der Waals surface area contributed by atoms with Crippen LogP contribution in [0.2, 0.25) is 0 Å². The number of thioether (sulfide) groups is 1. The van der Waals surface area contributed by atoms with Gasteiger partial charge in [-0.2, -0.15) is 17.0 Å². The van der Waals surface area contributed by atoms with E-state index in [9.17, 15) is 0 Å². The first kappa shape index (κ1) is 10.8. The summed E-state index contributed by atoms with van der Waals surface area (Å²) in [5.74, 6) is 1.82. The molecule has 4 heteroatoms. The number of aliphatic hydroxyl groups excluding tert-OH is 1. The molecule has 0 radical (unpaired) electrons. The van der Waals surface area contributed by atoms with Gasteiger partial charge in [0, 0.05) is 12.4 Å². The Morgan fingerprint density at radius 2 is 2.27 bits per heavy atom. The van der Waals surface area contributed by atoms with Crippen LogP contribution in [0.5, 0.6) is 0 Å². The molecule has 0 aliphatic rings. The van der Waals surface area contributed by atoms with Crippen LogP contribution in [0, 0.1) is 17.2 Å². The molecule has 0 bridgehead atoms. The maximum atomic E-state index is 8.65. The molecular formula is C7H14N2OS. The highest BCUT2D eigenvalue weighted by Gasteiger charge is 2.02. The average molecular weight is 174 g/mol. The van der Waals surface area contributed by atoms with Gasteiger partial charge in [0.2, 0.25) is 0 Å². The molecule has 2 unspecified atom stereocenters. The largest absolute Gasteiger partial charge is 0.396 e. The van der Waals surface area contributed by atoms with E-state index < -0.39 is 0 Å². The van der Waals surface area contributed by atoms with E-state index >= 15 is 0 Å². The topological polar surface area (TPSA) is 70.0 Å². The first-order valence-electron chi connectivity index (χ1n) is 3.54. The molecule has 0 heterocycles. The van der Waals surface area contributed by atoms with Crippen molar-refractivity contribution >= 4 is 11.8 Å². The Morgan fingerprint density at radius 1 is 1.64 bits per heavy atom. The predicted molar refractivity (Wildman–Crippen MR) is 47.2 cm³/mol. The van der Waals surface area contributed by atoms with E-state index in [2.05, 4.69) is 0 Å². The average Bonchev–Trinajstić information content (AvgIpc) is 2.04. The Hall–Kier alpha value is -0.240. The molecule has 0 aromatic heterocycles. The van der Waals surface area contributed by atoms with Gasteiger partial charge >= 0.3 is 0 Å². The molecule has 0 fully saturated rings. The molecule has 0 saturated carbocycles. The Kier molecular flexibility index (Phi) is 6.33. The molecule has 0 aliphatic carbocycles. The van der Waals surface area contributed by atoms with Crippen LogP contribution in [0.3, 0.4) is 0 Å². The van der Waals surface area contributed by atoms with E-state index in [1.54, 1.807) is 11.8 Å². The highest BCUT2D eigenvalue weighted by atomic mass is 32.2. The van der Waals surface area contributed by atoms with Crippen LogP contribution in [0.25, 0.3) is 0 Å². The van der Waals surface area contributed by atoms with Crippen molar-refractivity contribution in [2.24, 2.45) is 11.7 Å². The van der Waals surface area contributed by atoms with Gasteiger partial charge in [0.05, 0.1) is 6.07 Å². The summed E-state index contributed by atoms with van der Waals surface area (Å²) in [6.07, 6.45) is 0. The third-order valence-electron chi connectivity index (χ3n) is 1.18. The summed E-state index contributed by atoms with van der Waals surface area (Å²) in [4.78, 5) is 0. The summed E-state index contributed by atoms with van der Waals surface area (Å²) in [6, 6.07) is 1.58. The molecule has 0 rings (SSSR count). The van der Waals surface area contributed by atoms with Gasteiger partial charge in [-0.15, -0.1) is 0 Å². The number of hydrogen-bond acceptors (Lipinski definition) is 4. The number of nitrogens with zero attached hydrogens (tertiary/aromatic N) is 1. The van der Waals surface area contributed by atoms with E-state index in [1.807, 2.05) is 13.0 Å². The lowest BCUT2D eigenvalue weighted by Gasteiger charge is -2.07. The Bertz CT molecular complexity index is 135. The normalized spacial score (nSPS) is 15.5.